The molecule has 0 saturated heterocycles. The number of anilines is 1. The number of methoxy groups -OCH3 is 1. The summed E-state index contributed by atoms with van der Waals surface area (Å²) in [5, 5.41) is 0. The van der Waals surface area contributed by atoms with Crippen LogP contribution in [-0.2, 0) is 20.7 Å². The Morgan fingerprint density at radius 3 is 2.69 bits per heavy atom. The molecule has 0 radical (unpaired) electrons. The third-order valence-electron chi connectivity index (χ3n) is 6.67. The number of ether oxygens (including phenoxy) is 3. The van der Waals surface area contributed by atoms with E-state index in [2.05, 4.69) is 36.9 Å². The normalized spacial score (nSPS) is 20.1. The number of cyclic esters (lactones) is 1. The highest BCUT2D eigenvalue weighted by Crippen LogP contribution is 2.35. The lowest BCUT2D eigenvalue weighted by Gasteiger charge is -2.32. The van der Waals surface area contributed by atoms with Crippen molar-refractivity contribution in [3.05, 3.63) is 35.6 Å². The molecular formula is C26H40N2O4. The lowest BCUT2D eigenvalue weighted by atomic mass is 9.83. The van der Waals surface area contributed by atoms with E-state index in [-0.39, 0.29) is 23.8 Å². The summed E-state index contributed by atoms with van der Waals surface area (Å²) in [6.07, 6.45) is 4.64. The number of carbonyl (C=O) groups excluding carboxylic acids is 1. The molecule has 0 amide bonds. The molecule has 1 aromatic rings. The zero-order valence-electron chi connectivity index (χ0n) is 20.3. The first-order valence-electron chi connectivity index (χ1n) is 12.0. The van der Waals surface area contributed by atoms with E-state index >= 15 is 0 Å². The molecule has 178 valence electrons. The molecule has 0 unspecified atom stereocenters. The van der Waals surface area contributed by atoms with Crippen LogP contribution in [-0.4, -0.2) is 45.4 Å². The van der Waals surface area contributed by atoms with E-state index in [1.165, 1.54) is 11.3 Å². The molecular weight excluding hydrogens is 404 g/mol. The van der Waals surface area contributed by atoms with Crippen LogP contribution in [0.5, 0.6) is 5.75 Å². The molecule has 32 heavy (non-hydrogen) atoms. The van der Waals surface area contributed by atoms with Gasteiger partial charge in [-0.05, 0) is 60.8 Å². The van der Waals surface area contributed by atoms with Crippen LogP contribution >= 0.6 is 0 Å². The monoisotopic (exact) mass is 444 g/mol. The first kappa shape index (κ1) is 24.6. The van der Waals surface area contributed by atoms with Crippen LogP contribution in [0.1, 0.15) is 46.1 Å². The Morgan fingerprint density at radius 2 is 2.03 bits per heavy atom. The summed E-state index contributed by atoms with van der Waals surface area (Å²) in [6.45, 7) is 11.9. The number of nitrogens with two attached hydrogens (primary N) is 1. The van der Waals surface area contributed by atoms with E-state index in [0.29, 0.717) is 24.2 Å². The molecule has 0 saturated carbocycles. The van der Waals surface area contributed by atoms with Crippen molar-refractivity contribution in [3.63, 3.8) is 0 Å². The predicted molar refractivity (Wildman–Crippen MR) is 128 cm³/mol. The Bertz CT molecular complexity index is 805. The molecule has 2 N–H and O–H groups in total. The van der Waals surface area contributed by atoms with Gasteiger partial charge in [-0.15, -0.1) is 0 Å². The summed E-state index contributed by atoms with van der Waals surface area (Å²) in [7, 11) is 1.74. The molecule has 0 bridgehead atoms. The minimum absolute atomic E-state index is 0.171. The van der Waals surface area contributed by atoms with Crippen molar-refractivity contribution >= 4 is 11.7 Å². The standard InChI is InChI=1S/C26H40N2O4/c1-17(2)20(15-22(27)25-16-21(18(3)4)26(29)32-25)13-19-7-8-24-23(14-19)28(10-12-31-24)9-6-11-30-5/h7-8,14,16-18,20-22H,6,9-13,15,27H2,1-5H3/t20-,21+,22-/m0/s1. The van der Waals surface area contributed by atoms with Crippen molar-refractivity contribution in [3.8, 4) is 5.75 Å². The van der Waals surface area contributed by atoms with Gasteiger partial charge in [-0.25, -0.2) is 0 Å². The van der Waals surface area contributed by atoms with Gasteiger partial charge in [0.05, 0.1) is 24.2 Å². The van der Waals surface area contributed by atoms with Crippen LogP contribution < -0.4 is 15.4 Å². The summed E-state index contributed by atoms with van der Waals surface area (Å²) in [4.78, 5) is 14.5. The lowest BCUT2D eigenvalue weighted by Crippen LogP contribution is -2.34. The molecule has 0 aromatic heterocycles. The number of rotatable bonds is 11. The fourth-order valence-electron chi connectivity index (χ4n) is 4.54. The van der Waals surface area contributed by atoms with Gasteiger partial charge in [0, 0.05) is 20.3 Å². The van der Waals surface area contributed by atoms with Crippen LogP contribution in [0.15, 0.2) is 30.0 Å². The molecule has 3 rings (SSSR count). The van der Waals surface area contributed by atoms with Gasteiger partial charge in [-0.1, -0.05) is 33.8 Å². The molecule has 0 fully saturated rings. The molecule has 6 heteroatoms. The first-order chi connectivity index (χ1) is 15.3. The SMILES string of the molecule is COCCCN1CCOc2ccc(C[C@@H](C[C@H](N)C3=C[C@H](C(C)C)C(=O)O3)C(C)C)cc21. The maximum atomic E-state index is 12.1. The Hall–Kier alpha value is -2.05. The van der Waals surface area contributed by atoms with Crippen molar-refractivity contribution in [2.75, 3.05) is 38.3 Å². The highest BCUT2D eigenvalue weighted by molar-refractivity contribution is 5.78. The van der Waals surface area contributed by atoms with E-state index in [0.717, 1.165) is 44.7 Å². The topological polar surface area (TPSA) is 74.0 Å². The van der Waals surface area contributed by atoms with Crippen LogP contribution in [0.4, 0.5) is 5.69 Å². The summed E-state index contributed by atoms with van der Waals surface area (Å²) in [6, 6.07) is 6.27. The lowest BCUT2D eigenvalue weighted by molar-refractivity contribution is -0.141. The maximum Gasteiger partial charge on any atom is 0.318 e. The smallest absolute Gasteiger partial charge is 0.318 e. The summed E-state index contributed by atoms with van der Waals surface area (Å²) >= 11 is 0. The summed E-state index contributed by atoms with van der Waals surface area (Å²) in [5.74, 6) is 2.31. The van der Waals surface area contributed by atoms with Gasteiger partial charge in [0.25, 0.3) is 0 Å². The van der Waals surface area contributed by atoms with Gasteiger partial charge in [0.15, 0.2) is 0 Å². The fourth-order valence-corrected chi connectivity index (χ4v) is 4.54. The van der Waals surface area contributed by atoms with Crippen LogP contribution in [0.25, 0.3) is 0 Å². The number of hydrogen-bond donors (Lipinski definition) is 1. The van der Waals surface area contributed by atoms with Crippen molar-refractivity contribution < 1.29 is 19.0 Å². The maximum absolute atomic E-state index is 12.1. The number of esters is 1. The largest absolute Gasteiger partial charge is 0.490 e. The van der Waals surface area contributed by atoms with E-state index in [4.69, 9.17) is 19.9 Å². The fraction of sp³-hybridized carbons (Fsp3) is 0.654. The van der Waals surface area contributed by atoms with Crippen molar-refractivity contribution in [2.24, 2.45) is 29.4 Å². The summed E-state index contributed by atoms with van der Waals surface area (Å²) < 4.78 is 16.6. The highest BCUT2D eigenvalue weighted by Gasteiger charge is 2.33. The summed E-state index contributed by atoms with van der Waals surface area (Å²) in [5.41, 5.74) is 8.97. The molecule has 3 atom stereocenters. The number of hydrogen-bond acceptors (Lipinski definition) is 6. The quantitative estimate of drug-likeness (QED) is 0.408. The Morgan fingerprint density at radius 1 is 1.25 bits per heavy atom. The molecule has 2 aliphatic rings. The van der Waals surface area contributed by atoms with Crippen molar-refractivity contribution in [1.29, 1.82) is 0 Å². The van der Waals surface area contributed by atoms with Crippen LogP contribution in [0, 0.1) is 23.7 Å². The van der Waals surface area contributed by atoms with E-state index in [1.807, 2.05) is 19.9 Å². The van der Waals surface area contributed by atoms with Gasteiger partial charge in [-0.3, -0.25) is 4.79 Å². The molecule has 6 nitrogen and oxygen atoms in total. The minimum Gasteiger partial charge on any atom is -0.490 e. The van der Waals surface area contributed by atoms with Gasteiger partial charge >= 0.3 is 5.97 Å². The highest BCUT2D eigenvalue weighted by atomic mass is 16.5. The number of fused-ring (bicyclic) bond motifs is 1. The number of carbonyl (C=O) groups is 1. The molecule has 2 heterocycles. The molecule has 1 aromatic carbocycles. The average molecular weight is 445 g/mol. The number of benzene rings is 1. The third kappa shape index (κ3) is 6.04. The predicted octanol–water partition coefficient (Wildman–Crippen LogP) is 4.17. The Kier molecular flexibility index (Phi) is 8.60. The third-order valence-corrected chi connectivity index (χ3v) is 6.67. The van der Waals surface area contributed by atoms with E-state index in [9.17, 15) is 4.79 Å². The van der Waals surface area contributed by atoms with Gasteiger partial charge in [0.1, 0.15) is 18.1 Å². The van der Waals surface area contributed by atoms with Crippen molar-refractivity contribution in [2.45, 2.75) is 53.0 Å². The van der Waals surface area contributed by atoms with Gasteiger partial charge in [-0.2, -0.15) is 0 Å². The first-order valence-corrected chi connectivity index (χ1v) is 12.0. The zero-order chi connectivity index (χ0) is 23.3. The molecule has 0 aliphatic carbocycles. The molecule has 0 spiro atoms. The minimum atomic E-state index is -0.262. The zero-order valence-corrected chi connectivity index (χ0v) is 20.3. The van der Waals surface area contributed by atoms with Crippen LogP contribution in [0.3, 0.4) is 0 Å². The average Bonchev–Trinajstić information content (AvgIpc) is 3.15. The van der Waals surface area contributed by atoms with E-state index in [1.54, 1.807) is 7.11 Å². The second-order valence-corrected chi connectivity index (χ2v) is 9.79. The Labute approximate surface area is 193 Å². The van der Waals surface area contributed by atoms with Gasteiger partial charge in [0.2, 0.25) is 0 Å². The molecule has 2 aliphatic heterocycles. The second kappa shape index (κ2) is 11.2. The van der Waals surface area contributed by atoms with Crippen molar-refractivity contribution in [1.82, 2.24) is 0 Å². The second-order valence-electron chi connectivity index (χ2n) is 9.79. The number of nitrogens with zero attached hydrogens (tertiary/aromatic N) is 1. The van der Waals surface area contributed by atoms with E-state index < -0.39 is 0 Å². The van der Waals surface area contributed by atoms with Crippen LogP contribution in [0.2, 0.25) is 0 Å². The Balaban J connectivity index is 1.69. The van der Waals surface area contributed by atoms with Gasteiger partial charge < -0.3 is 24.8 Å².